The van der Waals surface area contributed by atoms with Crippen LogP contribution in [-0.4, -0.2) is 24.3 Å². The van der Waals surface area contributed by atoms with E-state index >= 15 is 0 Å². The van der Waals surface area contributed by atoms with Crippen molar-refractivity contribution in [1.82, 2.24) is 4.98 Å². The molecule has 1 saturated heterocycles. The Labute approximate surface area is 89.9 Å². The average Bonchev–Trinajstić information content (AvgIpc) is 2.74. The lowest BCUT2D eigenvalue weighted by molar-refractivity contribution is 0.110. The minimum Gasteiger partial charge on any atom is -0.402 e. The summed E-state index contributed by atoms with van der Waals surface area (Å²) in [6.07, 6.45) is 9.03. The van der Waals surface area contributed by atoms with Gasteiger partial charge in [0.1, 0.15) is 0 Å². The highest BCUT2D eigenvalue weighted by Gasteiger charge is 2.41. The molecule has 2 fully saturated rings. The van der Waals surface area contributed by atoms with Gasteiger partial charge in [0.15, 0.2) is 0 Å². The highest BCUT2D eigenvalue weighted by atomic mass is 16.7. The van der Waals surface area contributed by atoms with E-state index in [1.54, 1.807) is 6.20 Å². The third-order valence-electron chi connectivity index (χ3n) is 3.20. The van der Waals surface area contributed by atoms with Crippen LogP contribution in [0.5, 0.6) is 0 Å². The van der Waals surface area contributed by atoms with E-state index in [1.165, 1.54) is 12.8 Å². The van der Waals surface area contributed by atoms with Crippen molar-refractivity contribution in [2.75, 3.05) is 0 Å². The van der Waals surface area contributed by atoms with Crippen molar-refractivity contribution < 1.29 is 9.31 Å². The van der Waals surface area contributed by atoms with Gasteiger partial charge in [-0.05, 0) is 18.9 Å². The van der Waals surface area contributed by atoms with Crippen molar-refractivity contribution in [3.8, 4) is 0 Å². The third kappa shape index (κ3) is 1.79. The zero-order valence-corrected chi connectivity index (χ0v) is 8.63. The van der Waals surface area contributed by atoms with Gasteiger partial charge in [-0.3, -0.25) is 4.98 Å². The fraction of sp³-hybridized carbons (Fsp3) is 0.545. The van der Waals surface area contributed by atoms with Gasteiger partial charge >= 0.3 is 7.12 Å². The second kappa shape index (κ2) is 3.95. The summed E-state index contributed by atoms with van der Waals surface area (Å²) in [6, 6.07) is 3.93. The summed E-state index contributed by atoms with van der Waals surface area (Å²) in [5, 5.41) is 0. The Kier molecular flexibility index (Phi) is 2.47. The van der Waals surface area contributed by atoms with Gasteiger partial charge in [-0.1, -0.05) is 18.9 Å². The van der Waals surface area contributed by atoms with E-state index in [4.69, 9.17) is 9.31 Å². The van der Waals surface area contributed by atoms with E-state index in [0.717, 1.165) is 18.3 Å². The van der Waals surface area contributed by atoms with Gasteiger partial charge in [-0.2, -0.15) is 0 Å². The van der Waals surface area contributed by atoms with Crippen molar-refractivity contribution in [2.24, 2.45) is 0 Å². The van der Waals surface area contributed by atoms with Crippen LogP contribution >= 0.6 is 0 Å². The van der Waals surface area contributed by atoms with Gasteiger partial charge in [0, 0.05) is 17.9 Å². The molecule has 78 valence electrons. The van der Waals surface area contributed by atoms with Gasteiger partial charge < -0.3 is 9.31 Å². The van der Waals surface area contributed by atoms with E-state index in [2.05, 4.69) is 4.98 Å². The summed E-state index contributed by atoms with van der Waals surface area (Å²) in [5.74, 6) is 0. The minimum absolute atomic E-state index is 0.188. The average molecular weight is 203 g/mol. The molecule has 0 spiro atoms. The molecular formula is C11H14BNO2. The Morgan fingerprint density at radius 3 is 2.53 bits per heavy atom. The van der Waals surface area contributed by atoms with E-state index < -0.39 is 0 Å². The summed E-state index contributed by atoms with van der Waals surface area (Å²) in [5.41, 5.74) is 1.03. The number of aromatic nitrogens is 1. The molecule has 0 aromatic carbocycles. The van der Waals surface area contributed by atoms with Gasteiger partial charge in [0.2, 0.25) is 0 Å². The minimum atomic E-state index is -0.188. The Balaban J connectivity index is 1.75. The van der Waals surface area contributed by atoms with Crippen LogP contribution in [0.15, 0.2) is 24.5 Å². The smallest absolute Gasteiger partial charge is 0.402 e. The van der Waals surface area contributed by atoms with Gasteiger partial charge in [0.05, 0.1) is 12.2 Å². The molecule has 2 aliphatic rings. The second-order valence-corrected chi connectivity index (χ2v) is 4.25. The molecule has 0 radical (unpaired) electrons. The highest BCUT2D eigenvalue weighted by molar-refractivity contribution is 6.61. The monoisotopic (exact) mass is 203 g/mol. The van der Waals surface area contributed by atoms with Crippen LogP contribution in [0.2, 0.25) is 0 Å². The zero-order valence-electron chi connectivity index (χ0n) is 8.63. The molecule has 3 rings (SSSR count). The zero-order chi connectivity index (χ0) is 10.1. The van der Waals surface area contributed by atoms with Gasteiger partial charge in [0.25, 0.3) is 0 Å². The topological polar surface area (TPSA) is 31.4 Å². The van der Waals surface area contributed by atoms with Gasteiger partial charge in [-0.25, -0.2) is 0 Å². The fourth-order valence-electron chi connectivity index (χ4n) is 2.40. The van der Waals surface area contributed by atoms with Crippen LogP contribution in [0.4, 0.5) is 0 Å². The Hall–Kier alpha value is -0.865. The second-order valence-electron chi connectivity index (χ2n) is 4.25. The SMILES string of the molecule is c1cncc(B2O[C@H]3CCCC[C@H]3O2)c1. The standard InChI is InChI=1S/C11H14BNO2/c1-2-6-11-10(5-1)14-12(15-11)9-4-3-7-13-8-9/h3-4,7-8,10-11H,1-2,5-6H2/t10-,11+. The number of hydrogen-bond donors (Lipinski definition) is 0. The van der Waals surface area contributed by atoms with Crippen LogP contribution < -0.4 is 5.46 Å². The van der Waals surface area contributed by atoms with Crippen molar-refractivity contribution in [1.29, 1.82) is 0 Å². The molecule has 2 heterocycles. The number of fused-ring (bicyclic) bond motifs is 1. The summed E-state index contributed by atoms with van der Waals surface area (Å²) >= 11 is 0. The highest BCUT2D eigenvalue weighted by Crippen LogP contribution is 2.29. The molecule has 4 heteroatoms. The third-order valence-corrected chi connectivity index (χ3v) is 3.20. The molecule has 2 atom stereocenters. The van der Waals surface area contributed by atoms with Crippen LogP contribution in [0.25, 0.3) is 0 Å². The Morgan fingerprint density at radius 2 is 1.93 bits per heavy atom. The van der Waals surface area contributed by atoms with Crippen molar-refractivity contribution in [3.05, 3.63) is 24.5 Å². The van der Waals surface area contributed by atoms with Crippen LogP contribution in [-0.2, 0) is 9.31 Å². The predicted octanol–water partition coefficient (Wildman–Crippen LogP) is 1.13. The number of hydrogen-bond acceptors (Lipinski definition) is 3. The molecule has 0 unspecified atom stereocenters. The summed E-state index contributed by atoms with van der Waals surface area (Å²) < 4.78 is 11.8. The first kappa shape index (κ1) is 9.37. The molecule has 0 N–H and O–H groups in total. The Morgan fingerprint density at radius 1 is 1.20 bits per heavy atom. The maximum Gasteiger partial charge on any atom is 0.496 e. The Bertz CT molecular complexity index is 319. The maximum absolute atomic E-state index is 5.89. The molecular weight excluding hydrogens is 189 g/mol. The maximum atomic E-state index is 5.89. The molecule has 0 bridgehead atoms. The molecule has 15 heavy (non-hydrogen) atoms. The first-order valence-electron chi connectivity index (χ1n) is 5.64. The van der Waals surface area contributed by atoms with Crippen LogP contribution in [0.3, 0.4) is 0 Å². The number of pyridine rings is 1. The van der Waals surface area contributed by atoms with Crippen molar-refractivity contribution >= 4 is 12.6 Å². The summed E-state index contributed by atoms with van der Waals surface area (Å²) in [7, 11) is -0.188. The first-order chi connectivity index (χ1) is 7.43. The van der Waals surface area contributed by atoms with Crippen LogP contribution in [0.1, 0.15) is 25.7 Å². The molecule has 1 aliphatic heterocycles. The lowest BCUT2D eigenvalue weighted by Gasteiger charge is -2.22. The molecule has 0 amide bonds. The molecule has 3 nitrogen and oxygen atoms in total. The summed E-state index contributed by atoms with van der Waals surface area (Å²) in [4.78, 5) is 4.09. The predicted molar refractivity (Wildman–Crippen MR) is 57.8 cm³/mol. The van der Waals surface area contributed by atoms with Gasteiger partial charge in [-0.15, -0.1) is 0 Å². The lowest BCUT2D eigenvalue weighted by Crippen LogP contribution is -2.32. The van der Waals surface area contributed by atoms with E-state index in [9.17, 15) is 0 Å². The van der Waals surface area contributed by atoms with E-state index in [0.29, 0.717) is 12.2 Å². The molecule has 1 aromatic rings. The van der Waals surface area contributed by atoms with Crippen molar-refractivity contribution in [2.45, 2.75) is 37.9 Å². The number of nitrogens with zero attached hydrogens (tertiary/aromatic N) is 1. The largest absolute Gasteiger partial charge is 0.496 e. The van der Waals surface area contributed by atoms with E-state index in [1.807, 2.05) is 18.3 Å². The normalized spacial score (nSPS) is 30.3. The molecule has 1 aromatic heterocycles. The molecule has 1 aliphatic carbocycles. The fourth-order valence-corrected chi connectivity index (χ4v) is 2.40. The van der Waals surface area contributed by atoms with E-state index in [-0.39, 0.29) is 7.12 Å². The summed E-state index contributed by atoms with van der Waals surface area (Å²) in [6.45, 7) is 0. The van der Waals surface area contributed by atoms with Crippen molar-refractivity contribution in [3.63, 3.8) is 0 Å². The lowest BCUT2D eigenvalue weighted by atomic mass is 9.81. The molecule has 1 saturated carbocycles. The quantitative estimate of drug-likeness (QED) is 0.641. The van der Waals surface area contributed by atoms with Crippen LogP contribution in [0, 0.1) is 0 Å². The first-order valence-corrected chi connectivity index (χ1v) is 5.64. The number of rotatable bonds is 1.